The number of aromatic nitrogens is 2. The van der Waals surface area contributed by atoms with Crippen LogP contribution in [0.3, 0.4) is 0 Å². The van der Waals surface area contributed by atoms with E-state index in [0.29, 0.717) is 6.04 Å². The maximum absolute atomic E-state index is 4.48. The molecule has 2 N–H and O–H groups in total. The number of nitrogens with one attached hydrogen (secondary N) is 2. The van der Waals surface area contributed by atoms with Crippen molar-refractivity contribution in [3.05, 3.63) is 96.3 Å². The van der Waals surface area contributed by atoms with Gasteiger partial charge in [-0.15, -0.1) is 0 Å². The molecule has 0 aliphatic carbocycles. The molecular weight excluding hydrogens is 408 g/mol. The summed E-state index contributed by atoms with van der Waals surface area (Å²) >= 11 is 0. The normalized spacial score (nSPS) is 16.3. The van der Waals surface area contributed by atoms with Gasteiger partial charge in [-0.3, -0.25) is 4.99 Å². The number of anilines is 1. The quantitative estimate of drug-likeness (QED) is 0.353. The summed E-state index contributed by atoms with van der Waals surface area (Å²) in [5.74, 6) is 0.851. The number of guanidine groups is 1. The van der Waals surface area contributed by atoms with E-state index in [1.165, 1.54) is 16.8 Å². The Hall–Kier alpha value is -3.80. The van der Waals surface area contributed by atoms with Crippen LogP contribution in [-0.4, -0.2) is 41.7 Å². The molecule has 0 radical (unpaired) electrons. The molecule has 1 atom stereocenters. The number of rotatable bonds is 6. The number of hydrogen-bond acceptors (Lipinski definition) is 3. The predicted molar refractivity (Wildman–Crippen MR) is 136 cm³/mol. The minimum absolute atomic E-state index is 0.392. The van der Waals surface area contributed by atoms with Gasteiger partial charge in [0, 0.05) is 45.0 Å². The maximum Gasteiger partial charge on any atom is 0.191 e. The lowest BCUT2D eigenvalue weighted by Gasteiger charge is -2.20. The lowest BCUT2D eigenvalue weighted by atomic mass is 10.1. The monoisotopic (exact) mass is 438 g/mol. The van der Waals surface area contributed by atoms with Crippen LogP contribution in [-0.2, 0) is 13.1 Å². The van der Waals surface area contributed by atoms with Crippen LogP contribution in [0, 0.1) is 0 Å². The minimum atomic E-state index is 0.392. The Balaban J connectivity index is 1.13. The van der Waals surface area contributed by atoms with Crippen molar-refractivity contribution in [3.63, 3.8) is 0 Å². The van der Waals surface area contributed by atoms with E-state index < -0.39 is 0 Å². The Morgan fingerprint density at radius 3 is 2.55 bits per heavy atom. The van der Waals surface area contributed by atoms with Gasteiger partial charge in [-0.25, -0.2) is 4.98 Å². The van der Waals surface area contributed by atoms with Crippen LogP contribution in [0.5, 0.6) is 0 Å². The summed E-state index contributed by atoms with van der Waals surface area (Å²) < 4.78 is 2.19. The molecule has 6 heteroatoms. The Morgan fingerprint density at radius 1 is 0.970 bits per heavy atom. The van der Waals surface area contributed by atoms with Crippen LogP contribution < -0.4 is 15.5 Å². The van der Waals surface area contributed by atoms with Gasteiger partial charge < -0.3 is 20.1 Å². The molecule has 2 heterocycles. The third-order valence-corrected chi connectivity index (χ3v) is 6.24. The molecule has 4 aromatic rings. The van der Waals surface area contributed by atoms with Crippen molar-refractivity contribution in [2.24, 2.45) is 4.99 Å². The van der Waals surface area contributed by atoms with Gasteiger partial charge in [-0.05, 0) is 41.8 Å². The fourth-order valence-corrected chi connectivity index (χ4v) is 4.42. The lowest BCUT2D eigenvalue weighted by Crippen LogP contribution is -2.44. The largest absolute Gasteiger partial charge is 0.369 e. The number of imidazole rings is 1. The molecule has 0 saturated carbocycles. The average Bonchev–Trinajstić information content (AvgIpc) is 3.51. The van der Waals surface area contributed by atoms with E-state index in [1.54, 1.807) is 0 Å². The maximum atomic E-state index is 4.48. The number of para-hydroxylation sites is 3. The smallest absolute Gasteiger partial charge is 0.191 e. The van der Waals surface area contributed by atoms with Gasteiger partial charge >= 0.3 is 0 Å². The summed E-state index contributed by atoms with van der Waals surface area (Å²) in [5, 5.41) is 7.04. The van der Waals surface area contributed by atoms with Gasteiger partial charge in [0.2, 0.25) is 0 Å². The number of fused-ring (bicyclic) bond motifs is 1. The molecule has 0 spiro atoms. The molecule has 6 nitrogen and oxygen atoms in total. The second-order valence-corrected chi connectivity index (χ2v) is 8.51. The third-order valence-electron chi connectivity index (χ3n) is 6.24. The van der Waals surface area contributed by atoms with E-state index in [0.717, 1.165) is 49.6 Å². The SMILES string of the molecule is CN=C(NCc1ccc(Cn2cnc3ccccc32)cc1)NC1CCN(c2ccccc2)C1. The van der Waals surface area contributed by atoms with E-state index in [-0.39, 0.29) is 0 Å². The Kier molecular flexibility index (Phi) is 6.24. The highest BCUT2D eigenvalue weighted by atomic mass is 15.2. The standard InChI is InChI=1S/C27H30N6/c1-28-27(31-23-15-16-32(19-23)24-7-3-2-4-8-24)29-17-21-11-13-22(14-12-21)18-33-20-30-25-9-5-6-10-26(25)33/h2-14,20,23H,15-19H2,1H3,(H2,28,29,31). The second-order valence-electron chi connectivity index (χ2n) is 8.51. The molecule has 0 bridgehead atoms. The van der Waals surface area contributed by atoms with Crippen LogP contribution in [0.4, 0.5) is 5.69 Å². The van der Waals surface area contributed by atoms with Gasteiger partial charge in [0.15, 0.2) is 5.96 Å². The Labute approximate surface area is 195 Å². The number of nitrogens with zero attached hydrogens (tertiary/aromatic N) is 4. The van der Waals surface area contributed by atoms with Crippen LogP contribution in [0.25, 0.3) is 11.0 Å². The first-order valence-electron chi connectivity index (χ1n) is 11.5. The zero-order chi connectivity index (χ0) is 22.5. The fraction of sp³-hybridized carbons (Fsp3) is 0.259. The second kappa shape index (κ2) is 9.77. The lowest BCUT2D eigenvalue weighted by molar-refractivity contribution is 0.648. The summed E-state index contributed by atoms with van der Waals surface area (Å²) in [6.45, 7) is 3.61. The van der Waals surface area contributed by atoms with Crippen molar-refractivity contribution in [3.8, 4) is 0 Å². The minimum Gasteiger partial charge on any atom is -0.369 e. The van der Waals surface area contributed by atoms with Gasteiger partial charge in [-0.2, -0.15) is 0 Å². The first-order chi connectivity index (χ1) is 16.3. The van der Waals surface area contributed by atoms with Gasteiger partial charge in [0.1, 0.15) is 0 Å². The van der Waals surface area contributed by atoms with E-state index in [2.05, 4.69) is 96.8 Å². The summed E-state index contributed by atoms with van der Waals surface area (Å²) in [6.07, 6.45) is 3.02. The molecule has 33 heavy (non-hydrogen) atoms. The van der Waals surface area contributed by atoms with E-state index in [4.69, 9.17) is 0 Å². The molecule has 1 saturated heterocycles. The van der Waals surface area contributed by atoms with Crippen molar-refractivity contribution in [1.82, 2.24) is 20.2 Å². The summed E-state index contributed by atoms with van der Waals surface area (Å²) in [6, 6.07) is 28.0. The molecule has 3 aromatic carbocycles. The molecular formula is C27H30N6. The first-order valence-corrected chi connectivity index (χ1v) is 11.5. The van der Waals surface area contributed by atoms with Crippen molar-refractivity contribution in [2.45, 2.75) is 25.6 Å². The molecule has 1 aromatic heterocycles. The van der Waals surface area contributed by atoms with Gasteiger partial charge in [0.25, 0.3) is 0 Å². The van der Waals surface area contributed by atoms with Crippen molar-refractivity contribution >= 4 is 22.7 Å². The zero-order valence-corrected chi connectivity index (χ0v) is 19.0. The molecule has 1 aliphatic rings. The highest BCUT2D eigenvalue weighted by molar-refractivity contribution is 5.80. The Morgan fingerprint density at radius 2 is 1.73 bits per heavy atom. The van der Waals surface area contributed by atoms with Crippen molar-refractivity contribution in [2.75, 3.05) is 25.0 Å². The first kappa shape index (κ1) is 21.1. The van der Waals surface area contributed by atoms with Crippen LogP contribution in [0.2, 0.25) is 0 Å². The molecule has 1 fully saturated rings. The molecule has 1 unspecified atom stereocenters. The van der Waals surface area contributed by atoms with E-state index >= 15 is 0 Å². The number of aliphatic imine (C=N–C) groups is 1. The summed E-state index contributed by atoms with van der Waals surface area (Å²) in [7, 11) is 1.83. The van der Waals surface area contributed by atoms with Crippen molar-refractivity contribution in [1.29, 1.82) is 0 Å². The summed E-state index contributed by atoms with van der Waals surface area (Å²) in [5.41, 5.74) is 5.97. The highest BCUT2D eigenvalue weighted by Crippen LogP contribution is 2.19. The molecule has 5 rings (SSSR count). The van der Waals surface area contributed by atoms with Crippen LogP contribution in [0.15, 0.2) is 90.2 Å². The summed E-state index contributed by atoms with van der Waals surface area (Å²) in [4.78, 5) is 11.3. The van der Waals surface area contributed by atoms with Crippen LogP contribution >= 0.6 is 0 Å². The van der Waals surface area contributed by atoms with Crippen molar-refractivity contribution < 1.29 is 0 Å². The topological polar surface area (TPSA) is 57.5 Å². The van der Waals surface area contributed by atoms with Crippen LogP contribution in [0.1, 0.15) is 17.5 Å². The predicted octanol–water partition coefficient (Wildman–Crippen LogP) is 4.03. The van der Waals surface area contributed by atoms with E-state index in [9.17, 15) is 0 Å². The molecule has 0 amide bonds. The Bertz CT molecular complexity index is 1210. The number of benzene rings is 3. The molecule has 1 aliphatic heterocycles. The average molecular weight is 439 g/mol. The molecule has 168 valence electrons. The van der Waals surface area contributed by atoms with E-state index in [1.807, 2.05) is 25.5 Å². The van der Waals surface area contributed by atoms with Gasteiger partial charge in [0.05, 0.1) is 17.4 Å². The van der Waals surface area contributed by atoms with Gasteiger partial charge in [-0.1, -0.05) is 54.6 Å². The number of hydrogen-bond donors (Lipinski definition) is 2. The fourth-order valence-electron chi connectivity index (χ4n) is 4.42. The highest BCUT2D eigenvalue weighted by Gasteiger charge is 2.23. The third kappa shape index (κ3) is 5.00. The zero-order valence-electron chi connectivity index (χ0n) is 19.0.